The van der Waals surface area contributed by atoms with Crippen LogP contribution in [0.4, 0.5) is 5.82 Å². The first kappa shape index (κ1) is 23.3. The van der Waals surface area contributed by atoms with Gasteiger partial charge in [-0.15, -0.1) is 0 Å². The molecule has 3 aliphatic rings. The standard InChI is InChI=1S/C26H33N5O4/c1-5-20(32)30-10-7-15(8-11-30)17-6-9-28-25-21(24(27)33)23(29-31(17)25)16-12-18(34-4)22-19(13-16)35-14-26(22,2)3/h5,12-13,15,17,28H,1,6-11,14H2,2-4H3,(H2,27,33). The summed E-state index contributed by atoms with van der Waals surface area (Å²) in [6, 6.07) is 3.97. The molecule has 4 heterocycles. The van der Waals surface area contributed by atoms with Gasteiger partial charge in [-0.1, -0.05) is 20.4 Å². The highest BCUT2D eigenvalue weighted by Crippen LogP contribution is 2.48. The fourth-order valence-electron chi connectivity index (χ4n) is 5.81. The number of benzene rings is 1. The van der Waals surface area contributed by atoms with Crippen LogP contribution in [-0.4, -0.2) is 59.8 Å². The highest BCUT2D eigenvalue weighted by atomic mass is 16.5. The normalized spacial score (nSPS) is 20.9. The largest absolute Gasteiger partial charge is 0.496 e. The predicted molar refractivity (Wildman–Crippen MR) is 133 cm³/mol. The number of piperidine rings is 1. The van der Waals surface area contributed by atoms with Gasteiger partial charge in [0.05, 0.1) is 19.8 Å². The Balaban J connectivity index is 1.54. The third-order valence-corrected chi connectivity index (χ3v) is 7.60. The molecule has 0 spiro atoms. The number of hydrogen-bond donors (Lipinski definition) is 2. The molecule has 35 heavy (non-hydrogen) atoms. The molecule has 0 aliphatic carbocycles. The van der Waals surface area contributed by atoms with Crippen molar-refractivity contribution < 1.29 is 19.1 Å². The van der Waals surface area contributed by atoms with Crippen molar-refractivity contribution in [2.45, 2.75) is 44.6 Å². The van der Waals surface area contributed by atoms with Gasteiger partial charge in [-0.25, -0.2) is 4.68 Å². The van der Waals surface area contributed by atoms with Crippen LogP contribution >= 0.6 is 0 Å². The number of carbonyl (C=O) groups excluding carboxylic acids is 2. The van der Waals surface area contributed by atoms with Crippen LogP contribution in [0.1, 0.15) is 55.1 Å². The molecule has 1 saturated heterocycles. The maximum absolute atomic E-state index is 12.7. The van der Waals surface area contributed by atoms with Crippen LogP contribution in [0.5, 0.6) is 11.5 Å². The quantitative estimate of drug-likeness (QED) is 0.638. The topological polar surface area (TPSA) is 112 Å². The summed E-state index contributed by atoms with van der Waals surface area (Å²) in [5.74, 6) is 1.91. The molecule has 9 nitrogen and oxygen atoms in total. The van der Waals surface area contributed by atoms with Crippen molar-refractivity contribution in [1.82, 2.24) is 14.7 Å². The lowest BCUT2D eigenvalue weighted by atomic mass is 9.85. The van der Waals surface area contributed by atoms with Gasteiger partial charge in [0.15, 0.2) is 0 Å². The van der Waals surface area contributed by atoms with Crippen molar-refractivity contribution in [3.8, 4) is 22.8 Å². The van der Waals surface area contributed by atoms with E-state index in [-0.39, 0.29) is 17.4 Å². The molecular formula is C26H33N5O4. The van der Waals surface area contributed by atoms with Gasteiger partial charge in [0.25, 0.3) is 5.91 Å². The molecule has 1 fully saturated rings. The molecule has 2 aromatic rings. The van der Waals surface area contributed by atoms with Gasteiger partial charge in [0.2, 0.25) is 5.91 Å². The number of amides is 2. The van der Waals surface area contributed by atoms with Crippen LogP contribution in [0.3, 0.4) is 0 Å². The number of fused-ring (bicyclic) bond motifs is 2. The van der Waals surface area contributed by atoms with Crippen molar-refractivity contribution in [2.75, 3.05) is 38.7 Å². The van der Waals surface area contributed by atoms with E-state index in [0.717, 1.165) is 42.7 Å². The van der Waals surface area contributed by atoms with Crippen LogP contribution in [0.15, 0.2) is 24.8 Å². The van der Waals surface area contributed by atoms with E-state index in [1.807, 2.05) is 21.7 Å². The number of nitrogens with one attached hydrogen (secondary N) is 1. The molecular weight excluding hydrogens is 446 g/mol. The fraction of sp³-hybridized carbons (Fsp3) is 0.500. The number of likely N-dealkylation sites (tertiary alicyclic amines) is 1. The second kappa shape index (κ2) is 8.62. The molecule has 0 bridgehead atoms. The van der Waals surface area contributed by atoms with Crippen LogP contribution in [0, 0.1) is 5.92 Å². The Bertz CT molecular complexity index is 1190. The van der Waals surface area contributed by atoms with Crippen molar-refractivity contribution in [2.24, 2.45) is 11.7 Å². The van der Waals surface area contributed by atoms with E-state index in [0.29, 0.717) is 48.4 Å². The third kappa shape index (κ3) is 3.83. The minimum Gasteiger partial charge on any atom is -0.496 e. The zero-order valence-corrected chi connectivity index (χ0v) is 20.6. The van der Waals surface area contributed by atoms with Gasteiger partial charge < -0.3 is 25.4 Å². The Morgan fingerprint density at radius 2 is 2.03 bits per heavy atom. The summed E-state index contributed by atoms with van der Waals surface area (Å²) in [4.78, 5) is 26.5. The van der Waals surface area contributed by atoms with Crippen molar-refractivity contribution in [1.29, 1.82) is 0 Å². The Labute approximate surface area is 205 Å². The van der Waals surface area contributed by atoms with E-state index in [1.54, 1.807) is 7.11 Å². The first-order valence-electron chi connectivity index (χ1n) is 12.2. The van der Waals surface area contributed by atoms with Gasteiger partial charge in [-0.05, 0) is 43.4 Å². The van der Waals surface area contributed by atoms with E-state index in [9.17, 15) is 9.59 Å². The number of methoxy groups -OCH3 is 1. The molecule has 3 aliphatic heterocycles. The lowest BCUT2D eigenvalue weighted by Gasteiger charge is -2.38. The van der Waals surface area contributed by atoms with Gasteiger partial charge in [0, 0.05) is 36.2 Å². The fourth-order valence-corrected chi connectivity index (χ4v) is 5.81. The first-order chi connectivity index (χ1) is 16.7. The highest BCUT2D eigenvalue weighted by Gasteiger charge is 2.38. The Morgan fingerprint density at radius 3 is 2.69 bits per heavy atom. The molecule has 1 atom stereocenters. The molecule has 1 aromatic carbocycles. The molecule has 9 heteroatoms. The minimum absolute atomic E-state index is 0.0252. The maximum Gasteiger partial charge on any atom is 0.254 e. The number of primary amides is 1. The van der Waals surface area contributed by atoms with E-state index in [4.69, 9.17) is 20.3 Å². The summed E-state index contributed by atoms with van der Waals surface area (Å²) in [6.07, 6.45) is 4.01. The predicted octanol–water partition coefficient (Wildman–Crippen LogP) is 3.11. The number of anilines is 1. The Morgan fingerprint density at radius 1 is 1.29 bits per heavy atom. The molecule has 1 unspecified atom stereocenters. The van der Waals surface area contributed by atoms with Crippen molar-refractivity contribution >= 4 is 17.6 Å². The summed E-state index contributed by atoms with van der Waals surface area (Å²) in [5, 5.41) is 8.31. The van der Waals surface area contributed by atoms with Gasteiger partial charge >= 0.3 is 0 Å². The van der Waals surface area contributed by atoms with Gasteiger partial charge in [-0.2, -0.15) is 5.10 Å². The first-order valence-corrected chi connectivity index (χ1v) is 12.2. The number of rotatable bonds is 5. The Kier molecular flexibility index (Phi) is 5.73. The van der Waals surface area contributed by atoms with Crippen molar-refractivity contribution in [3.05, 3.63) is 35.9 Å². The second-order valence-electron chi connectivity index (χ2n) is 10.3. The second-order valence-corrected chi connectivity index (χ2v) is 10.3. The number of nitrogens with two attached hydrogens (primary N) is 1. The Hall–Kier alpha value is -3.49. The van der Waals surface area contributed by atoms with E-state index >= 15 is 0 Å². The number of nitrogens with zero attached hydrogens (tertiary/aromatic N) is 3. The highest BCUT2D eigenvalue weighted by molar-refractivity contribution is 6.04. The molecule has 3 N–H and O–H groups in total. The van der Waals surface area contributed by atoms with Gasteiger partial charge in [0.1, 0.15) is 28.6 Å². The average Bonchev–Trinajstić information content (AvgIpc) is 3.40. The van der Waals surface area contributed by atoms with E-state index in [1.165, 1.54) is 6.08 Å². The van der Waals surface area contributed by atoms with Crippen LogP contribution < -0.4 is 20.5 Å². The van der Waals surface area contributed by atoms with E-state index < -0.39 is 5.91 Å². The molecule has 1 aromatic heterocycles. The lowest BCUT2D eigenvalue weighted by molar-refractivity contribution is -0.127. The summed E-state index contributed by atoms with van der Waals surface area (Å²) < 4.78 is 13.7. The monoisotopic (exact) mass is 479 g/mol. The van der Waals surface area contributed by atoms with Crippen molar-refractivity contribution in [3.63, 3.8) is 0 Å². The molecule has 0 saturated carbocycles. The minimum atomic E-state index is -0.526. The summed E-state index contributed by atoms with van der Waals surface area (Å²) >= 11 is 0. The summed E-state index contributed by atoms with van der Waals surface area (Å²) in [6.45, 7) is 10.5. The van der Waals surface area contributed by atoms with Gasteiger partial charge in [-0.3, -0.25) is 9.59 Å². The van der Waals surface area contributed by atoms with Crippen LogP contribution in [0.25, 0.3) is 11.3 Å². The van der Waals surface area contributed by atoms with E-state index in [2.05, 4.69) is 25.7 Å². The number of ether oxygens (including phenoxy) is 2. The SMILES string of the molecule is C=CC(=O)N1CCC(C2CCNc3c(C(N)=O)c(-c4cc(OC)c5c(c4)OCC5(C)C)nn32)CC1. The third-order valence-electron chi connectivity index (χ3n) is 7.60. The van der Waals surface area contributed by atoms with Crippen LogP contribution in [0.2, 0.25) is 0 Å². The molecule has 5 rings (SSSR count). The lowest BCUT2D eigenvalue weighted by Crippen LogP contribution is -2.41. The number of hydrogen-bond acceptors (Lipinski definition) is 6. The molecule has 0 radical (unpaired) electrons. The summed E-state index contributed by atoms with van der Waals surface area (Å²) in [7, 11) is 1.64. The number of carbonyl (C=O) groups is 2. The zero-order valence-electron chi connectivity index (χ0n) is 20.6. The average molecular weight is 480 g/mol. The smallest absolute Gasteiger partial charge is 0.254 e. The molecule has 2 amide bonds. The molecule has 186 valence electrons. The number of aromatic nitrogens is 2. The zero-order chi connectivity index (χ0) is 24.9. The maximum atomic E-state index is 12.7. The van der Waals surface area contributed by atoms with Crippen LogP contribution in [-0.2, 0) is 10.2 Å². The summed E-state index contributed by atoms with van der Waals surface area (Å²) in [5.41, 5.74) is 8.38.